The van der Waals surface area contributed by atoms with Crippen LogP contribution >= 0.6 is 0 Å². The molecule has 0 fully saturated rings. The third kappa shape index (κ3) is 3.57. The van der Waals surface area contributed by atoms with Crippen molar-refractivity contribution in [1.29, 1.82) is 0 Å². The number of rotatable bonds is 5. The van der Waals surface area contributed by atoms with Crippen LogP contribution in [0.3, 0.4) is 0 Å². The Morgan fingerprint density at radius 1 is 0.853 bits per heavy atom. The Hall–Kier alpha value is -4.85. The molecule has 8 nitrogen and oxygen atoms in total. The van der Waals surface area contributed by atoms with E-state index in [9.17, 15) is 25.2 Å². The minimum Gasteiger partial charge on any atom is -0.508 e. The van der Waals surface area contributed by atoms with Crippen LogP contribution in [0.4, 0.5) is 0 Å². The lowest BCUT2D eigenvalue weighted by atomic mass is 9.91. The molecule has 170 valence electrons. The smallest absolute Gasteiger partial charge is 0.249 e. The van der Waals surface area contributed by atoms with Gasteiger partial charge in [0.2, 0.25) is 5.91 Å². The van der Waals surface area contributed by atoms with Crippen LogP contribution in [0.1, 0.15) is 21.7 Å². The molecule has 2 heterocycles. The topological polar surface area (TPSA) is 150 Å². The van der Waals surface area contributed by atoms with Crippen LogP contribution < -0.4 is 5.73 Å². The maximum Gasteiger partial charge on any atom is 0.249 e. The van der Waals surface area contributed by atoms with Crippen LogP contribution in [0, 0.1) is 0 Å². The second kappa shape index (κ2) is 7.93. The number of amides is 1. The summed E-state index contributed by atoms with van der Waals surface area (Å²) >= 11 is 0. The van der Waals surface area contributed by atoms with Gasteiger partial charge in [0.15, 0.2) is 0 Å². The van der Waals surface area contributed by atoms with Gasteiger partial charge in [-0.25, -0.2) is 0 Å². The van der Waals surface area contributed by atoms with Crippen molar-refractivity contribution in [2.24, 2.45) is 5.73 Å². The molecule has 0 aliphatic heterocycles. The van der Waals surface area contributed by atoms with E-state index in [1.807, 2.05) is 0 Å². The summed E-state index contributed by atoms with van der Waals surface area (Å²) in [5.41, 5.74) is 7.53. The standard InChI is InChI=1S/C26H19NO7/c27-26(32)23-19(11-18-2-1-7-33-18)20(31)12-21-24(23)22(14-8-16(29)10-17(30)9-14)25(34-21)13-3-5-15(28)6-4-13/h1-10,12,28-31H,11H2,(H2,27,32). The van der Waals surface area contributed by atoms with Crippen LogP contribution in [0.2, 0.25) is 0 Å². The number of fused-ring (bicyclic) bond motifs is 1. The summed E-state index contributed by atoms with van der Waals surface area (Å²) in [5.74, 6) is -0.548. The van der Waals surface area contributed by atoms with E-state index in [1.54, 1.807) is 24.3 Å². The van der Waals surface area contributed by atoms with E-state index >= 15 is 0 Å². The van der Waals surface area contributed by atoms with Crippen molar-refractivity contribution in [3.05, 3.63) is 83.8 Å². The number of benzene rings is 3. The Balaban J connectivity index is 1.90. The van der Waals surface area contributed by atoms with Gasteiger partial charge in [-0.2, -0.15) is 0 Å². The highest BCUT2D eigenvalue weighted by Crippen LogP contribution is 2.46. The first-order chi connectivity index (χ1) is 16.3. The average molecular weight is 457 g/mol. The molecule has 3 aromatic carbocycles. The lowest BCUT2D eigenvalue weighted by molar-refractivity contribution is 0.100. The number of nitrogens with two attached hydrogens (primary N) is 1. The molecular weight excluding hydrogens is 438 g/mol. The Bertz CT molecular complexity index is 1510. The molecule has 5 rings (SSSR count). The van der Waals surface area contributed by atoms with Gasteiger partial charge in [-0.15, -0.1) is 0 Å². The van der Waals surface area contributed by atoms with Crippen molar-refractivity contribution in [1.82, 2.24) is 0 Å². The normalized spacial score (nSPS) is 11.2. The summed E-state index contributed by atoms with van der Waals surface area (Å²) < 4.78 is 11.5. The molecule has 34 heavy (non-hydrogen) atoms. The van der Waals surface area contributed by atoms with Crippen LogP contribution in [-0.2, 0) is 6.42 Å². The highest BCUT2D eigenvalue weighted by Gasteiger charge is 2.27. The van der Waals surface area contributed by atoms with E-state index < -0.39 is 5.91 Å². The van der Waals surface area contributed by atoms with Crippen LogP contribution in [0.15, 0.2) is 75.8 Å². The molecule has 8 heteroatoms. The number of aromatic hydroxyl groups is 4. The first kappa shape index (κ1) is 21.0. The number of carbonyl (C=O) groups is 1. The number of hydrogen-bond acceptors (Lipinski definition) is 7. The van der Waals surface area contributed by atoms with E-state index in [-0.39, 0.29) is 51.9 Å². The fourth-order valence-corrected chi connectivity index (χ4v) is 4.16. The van der Waals surface area contributed by atoms with Crippen molar-refractivity contribution in [3.8, 4) is 45.4 Å². The predicted octanol–water partition coefficient (Wildman–Crippen LogP) is 4.87. The van der Waals surface area contributed by atoms with Crippen molar-refractivity contribution in [2.75, 3.05) is 0 Å². The summed E-state index contributed by atoms with van der Waals surface area (Å²) in [7, 11) is 0. The van der Waals surface area contributed by atoms with Crippen molar-refractivity contribution in [2.45, 2.75) is 6.42 Å². The first-order valence-corrected chi connectivity index (χ1v) is 10.3. The van der Waals surface area contributed by atoms with Gasteiger partial charge in [0.25, 0.3) is 0 Å². The fraction of sp³-hybridized carbons (Fsp3) is 0.0385. The monoisotopic (exact) mass is 457 g/mol. The fourth-order valence-electron chi connectivity index (χ4n) is 4.16. The lowest BCUT2D eigenvalue weighted by Gasteiger charge is -2.12. The maximum atomic E-state index is 12.7. The molecule has 0 aliphatic carbocycles. The van der Waals surface area contributed by atoms with Gasteiger partial charge in [0.1, 0.15) is 40.1 Å². The number of hydrogen-bond donors (Lipinski definition) is 5. The number of furan rings is 2. The molecule has 0 unspecified atom stereocenters. The summed E-state index contributed by atoms with van der Waals surface area (Å²) in [6, 6.07) is 15.0. The zero-order valence-corrected chi connectivity index (χ0v) is 17.6. The van der Waals surface area contributed by atoms with E-state index in [0.29, 0.717) is 27.8 Å². The molecule has 0 spiro atoms. The SMILES string of the molecule is NC(=O)c1c(Cc2ccco2)c(O)cc2oc(-c3ccc(O)cc3)c(-c3cc(O)cc(O)c3)c12. The first-order valence-electron chi connectivity index (χ1n) is 10.3. The quantitative estimate of drug-likeness (QED) is 0.253. The molecule has 0 bridgehead atoms. The number of carbonyl (C=O) groups excluding carboxylic acids is 1. The second-order valence-corrected chi connectivity index (χ2v) is 7.83. The van der Waals surface area contributed by atoms with Crippen molar-refractivity contribution < 1.29 is 34.1 Å². The Morgan fingerprint density at radius 2 is 1.56 bits per heavy atom. The van der Waals surface area contributed by atoms with Crippen LogP contribution in [-0.4, -0.2) is 26.3 Å². The van der Waals surface area contributed by atoms with Crippen LogP contribution in [0.25, 0.3) is 33.4 Å². The average Bonchev–Trinajstić information content (AvgIpc) is 3.41. The van der Waals surface area contributed by atoms with Crippen LogP contribution in [0.5, 0.6) is 23.0 Å². The Labute approximate surface area is 192 Å². The molecule has 2 aromatic heterocycles. The minimum atomic E-state index is -0.800. The predicted molar refractivity (Wildman–Crippen MR) is 124 cm³/mol. The van der Waals surface area contributed by atoms with Gasteiger partial charge in [-0.1, -0.05) is 0 Å². The maximum absolute atomic E-state index is 12.7. The second-order valence-electron chi connectivity index (χ2n) is 7.83. The van der Waals surface area contributed by atoms with Crippen molar-refractivity contribution in [3.63, 3.8) is 0 Å². The molecule has 0 atom stereocenters. The van der Waals surface area contributed by atoms with E-state index in [4.69, 9.17) is 14.6 Å². The van der Waals surface area contributed by atoms with Crippen molar-refractivity contribution >= 4 is 16.9 Å². The van der Waals surface area contributed by atoms with E-state index in [1.165, 1.54) is 42.7 Å². The molecule has 6 N–H and O–H groups in total. The van der Waals surface area contributed by atoms with Gasteiger partial charge in [0, 0.05) is 40.6 Å². The molecule has 0 aliphatic rings. The minimum absolute atomic E-state index is 0.0259. The van der Waals surface area contributed by atoms with Gasteiger partial charge < -0.3 is 35.0 Å². The summed E-state index contributed by atoms with van der Waals surface area (Å²) in [4.78, 5) is 12.7. The molecular formula is C26H19NO7. The number of phenolic OH excluding ortho intramolecular Hbond substituents is 4. The number of phenols is 4. The molecule has 0 saturated heterocycles. The van der Waals surface area contributed by atoms with Gasteiger partial charge in [0.05, 0.1) is 11.8 Å². The zero-order valence-electron chi connectivity index (χ0n) is 17.6. The third-order valence-electron chi connectivity index (χ3n) is 5.56. The summed E-state index contributed by atoms with van der Waals surface area (Å²) in [6.07, 6.45) is 1.58. The Morgan fingerprint density at radius 3 is 2.18 bits per heavy atom. The zero-order chi connectivity index (χ0) is 24.0. The molecule has 0 saturated carbocycles. The third-order valence-corrected chi connectivity index (χ3v) is 5.56. The highest BCUT2D eigenvalue weighted by molar-refractivity contribution is 6.15. The van der Waals surface area contributed by atoms with E-state index in [2.05, 4.69) is 0 Å². The summed E-state index contributed by atoms with van der Waals surface area (Å²) in [6.45, 7) is 0. The largest absolute Gasteiger partial charge is 0.508 e. The highest BCUT2D eigenvalue weighted by atomic mass is 16.3. The van der Waals surface area contributed by atoms with Gasteiger partial charge in [-0.3, -0.25) is 4.79 Å². The molecule has 5 aromatic rings. The van der Waals surface area contributed by atoms with E-state index in [0.717, 1.165) is 0 Å². The Kier molecular flexibility index (Phi) is 4.90. The molecule has 0 radical (unpaired) electrons. The van der Waals surface area contributed by atoms with Gasteiger partial charge >= 0.3 is 0 Å². The number of primary amides is 1. The molecule has 1 amide bonds. The van der Waals surface area contributed by atoms with Gasteiger partial charge in [-0.05, 0) is 54.1 Å². The summed E-state index contributed by atoms with van der Waals surface area (Å²) in [5, 5.41) is 41.1. The lowest BCUT2D eigenvalue weighted by Crippen LogP contribution is -2.15.